The van der Waals surface area contributed by atoms with Crippen molar-refractivity contribution in [1.29, 1.82) is 0 Å². The van der Waals surface area contributed by atoms with Crippen molar-refractivity contribution in [2.45, 2.75) is 26.3 Å². The Bertz CT molecular complexity index is 847. The van der Waals surface area contributed by atoms with E-state index in [0.29, 0.717) is 5.69 Å². The van der Waals surface area contributed by atoms with Gasteiger partial charge in [0.05, 0.1) is 24.3 Å². The smallest absolute Gasteiger partial charge is 0.239 e. The van der Waals surface area contributed by atoms with Gasteiger partial charge in [0, 0.05) is 11.7 Å². The number of anilines is 1. The molecule has 1 saturated heterocycles. The molecule has 1 aliphatic rings. The predicted molar refractivity (Wildman–Crippen MR) is 93.2 cm³/mol. The first-order valence-corrected chi connectivity index (χ1v) is 11.2. The van der Waals surface area contributed by atoms with Gasteiger partial charge >= 0.3 is 0 Å². The molecule has 0 bridgehead atoms. The van der Waals surface area contributed by atoms with E-state index < -0.39 is 38.4 Å². The average Bonchev–Trinajstić information content (AvgIpc) is 2.79. The molecule has 1 aliphatic heterocycles. The number of hydrogen-bond donors (Lipinski definition) is 1. The minimum absolute atomic E-state index is 0.0533. The molecule has 0 saturated carbocycles. The van der Waals surface area contributed by atoms with Crippen LogP contribution < -0.4 is 5.32 Å². The van der Waals surface area contributed by atoms with Gasteiger partial charge < -0.3 is 5.32 Å². The number of nitrogens with one attached hydrogen (secondary N) is 1. The molecule has 1 N–H and O–H groups in total. The average molecular weight is 374 g/mol. The van der Waals surface area contributed by atoms with Crippen LogP contribution in [0.4, 0.5) is 5.69 Å². The minimum Gasteiger partial charge on any atom is -0.325 e. The van der Waals surface area contributed by atoms with Crippen LogP contribution in [-0.2, 0) is 24.7 Å². The molecular weight excluding hydrogens is 352 g/mol. The molecule has 9 heteroatoms. The quantitative estimate of drug-likeness (QED) is 0.817. The third kappa shape index (κ3) is 4.78. The summed E-state index contributed by atoms with van der Waals surface area (Å²) in [6, 6.07) is 4.90. The van der Waals surface area contributed by atoms with Gasteiger partial charge in [-0.1, -0.05) is 12.1 Å². The second-order valence-corrected chi connectivity index (χ2v) is 10.4. The lowest BCUT2D eigenvalue weighted by molar-refractivity contribution is -0.116. The third-order valence-electron chi connectivity index (χ3n) is 4.01. The van der Waals surface area contributed by atoms with Gasteiger partial charge in [-0.05, 0) is 37.5 Å². The third-order valence-corrected chi connectivity index (χ3v) is 7.04. The Morgan fingerprint density at radius 1 is 1.33 bits per heavy atom. The molecule has 7 nitrogen and oxygen atoms in total. The highest BCUT2D eigenvalue weighted by Crippen LogP contribution is 2.21. The number of nitrogens with zero attached hydrogens (tertiary/aromatic N) is 1. The Morgan fingerprint density at radius 2 is 2.00 bits per heavy atom. The summed E-state index contributed by atoms with van der Waals surface area (Å²) in [7, 11) is -6.94. The predicted octanol–water partition coefficient (Wildman–Crippen LogP) is 0.691. The highest BCUT2D eigenvalue weighted by Gasteiger charge is 2.37. The molecule has 0 radical (unpaired) electrons. The Hall–Kier alpha value is -1.45. The molecule has 2 rings (SSSR count). The van der Waals surface area contributed by atoms with Gasteiger partial charge in [-0.2, -0.15) is 4.31 Å². The van der Waals surface area contributed by atoms with Crippen LogP contribution in [0.3, 0.4) is 0 Å². The van der Waals surface area contributed by atoms with Crippen molar-refractivity contribution in [1.82, 2.24) is 4.31 Å². The summed E-state index contributed by atoms with van der Waals surface area (Å²) in [5, 5.41) is 2.70. The molecule has 0 spiro atoms. The number of hydrogen-bond acceptors (Lipinski definition) is 5. The number of sulfone groups is 1. The number of carbonyl (C=O) groups is 1. The van der Waals surface area contributed by atoms with E-state index in [0.717, 1.165) is 21.7 Å². The fourth-order valence-electron chi connectivity index (χ4n) is 2.72. The highest BCUT2D eigenvalue weighted by molar-refractivity contribution is 7.92. The summed E-state index contributed by atoms with van der Waals surface area (Å²) in [6.07, 6.45) is 1.20. The van der Waals surface area contributed by atoms with E-state index in [1.807, 2.05) is 26.0 Å². The first-order chi connectivity index (χ1) is 11.0. The van der Waals surface area contributed by atoms with Crippen molar-refractivity contribution in [3.63, 3.8) is 0 Å². The Morgan fingerprint density at radius 3 is 2.54 bits per heavy atom. The lowest BCUT2D eigenvalue weighted by Crippen LogP contribution is -2.45. The monoisotopic (exact) mass is 374 g/mol. The summed E-state index contributed by atoms with van der Waals surface area (Å²) in [5.41, 5.74) is 2.45. The lowest BCUT2D eigenvalue weighted by atomic mass is 10.1. The van der Waals surface area contributed by atoms with Crippen LogP contribution in [0.5, 0.6) is 0 Å². The Labute approximate surface area is 143 Å². The van der Waals surface area contributed by atoms with Crippen molar-refractivity contribution < 1.29 is 21.6 Å². The van der Waals surface area contributed by atoms with Gasteiger partial charge in [-0.15, -0.1) is 0 Å². The molecule has 1 unspecified atom stereocenters. The maximum Gasteiger partial charge on any atom is 0.239 e. The Balaban J connectivity index is 2.15. The second kappa shape index (κ2) is 6.81. The largest absolute Gasteiger partial charge is 0.325 e. The van der Waals surface area contributed by atoms with Gasteiger partial charge in [0.25, 0.3) is 0 Å². The van der Waals surface area contributed by atoms with E-state index in [9.17, 15) is 21.6 Å². The molecular formula is C15H22N2O5S2. The standard InChI is InChI=1S/C15H22N2O5S2/c1-11-4-5-12(2)14(8-11)16-15(18)9-17(23(3,19)20)13-6-7-24(21,22)10-13/h4-5,8,13H,6-7,9-10H2,1-3H3,(H,16,18). The highest BCUT2D eigenvalue weighted by atomic mass is 32.2. The number of amides is 1. The van der Waals surface area contributed by atoms with Crippen molar-refractivity contribution >= 4 is 31.5 Å². The van der Waals surface area contributed by atoms with Crippen molar-refractivity contribution in [2.24, 2.45) is 0 Å². The van der Waals surface area contributed by atoms with E-state index in [1.54, 1.807) is 6.07 Å². The van der Waals surface area contributed by atoms with Crippen molar-refractivity contribution in [3.05, 3.63) is 29.3 Å². The van der Waals surface area contributed by atoms with E-state index in [2.05, 4.69) is 5.32 Å². The van der Waals surface area contributed by atoms with Gasteiger partial charge in [-0.25, -0.2) is 16.8 Å². The number of aryl methyl sites for hydroxylation is 2. The summed E-state index contributed by atoms with van der Waals surface area (Å²) in [6.45, 7) is 3.33. The zero-order chi connectivity index (χ0) is 18.1. The maximum absolute atomic E-state index is 12.3. The molecule has 0 aromatic heterocycles. The molecule has 134 valence electrons. The van der Waals surface area contributed by atoms with Crippen molar-refractivity contribution in [3.8, 4) is 0 Å². The minimum atomic E-state index is -3.70. The molecule has 1 atom stereocenters. The van der Waals surface area contributed by atoms with E-state index in [-0.39, 0.29) is 17.9 Å². The van der Waals surface area contributed by atoms with Gasteiger partial charge in [-0.3, -0.25) is 4.79 Å². The van der Waals surface area contributed by atoms with Crippen LogP contribution in [0.15, 0.2) is 18.2 Å². The van der Waals surface area contributed by atoms with Crippen LogP contribution in [-0.4, -0.2) is 57.4 Å². The normalized spacial score (nSPS) is 20.2. The fraction of sp³-hybridized carbons (Fsp3) is 0.533. The molecule has 1 heterocycles. The zero-order valence-corrected chi connectivity index (χ0v) is 15.6. The lowest BCUT2D eigenvalue weighted by Gasteiger charge is -2.25. The Kier molecular flexibility index (Phi) is 5.36. The maximum atomic E-state index is 12.3. The molecule has 1 aromatic rings. The van der Waals surface area contributed by atoms with Gasteiger partial charge in [0.15, 0.2) is 9.84 Å². The molecule has 24 heavy (non-hydrogen) atoms. The number of sulfonamides is 1. The summed E-state index contributed by atoms with van der Waals surface area (Å²) in [5.74, 6) is -0.780. The van der Waals surface area contributed by atoms with Crippen molar-refractivity contribution in [2.75, 3.05) is 29.6 Å². The van der Waals surface area contributed by atoms with Gasteiger partial charge in [0.1, 0.15) is 0 Å². The van der Waals surface area contributed by atoms with E-state index >= 15 is 0 Å². The van der Waals surface area contributed by atoms with E-state index in [1.165, 1.54) is 0 Å². The second-order valence-electron chi connectivity index (χ2n) is 6.23. The number of rotatable bonds is 5. The zero-order valence-electron chi connectivity index (χ0n) is 13.9. The number of benzene rings is 1. The van der Waals surface area contributed by atoms with E-state index in [4.69, 9.17) is 0 Å². The molecule has 1 aromatic carbocycles. The first kappa shape index (κ1) is 18.9. The van der Waals surface area contributed by atoms with Crippen LogP contribution >= 0.6 is 0 Å². The SMILES string of the molecule is Cc1ccc(C)c(NC(=O)CN(C2CCS(=O)(=O)C2)S(C)(=O)=O)c1. The number of carbonyl (C=O) groups excluding carboxylic acids is 1. The van der Waals surface area contributed by atoms with Crippen LogP contribution in [0.25, 0.3) is 0 Å². The van der Waals surface area contributed by atoms with Crippen LogP contribution in [0, 0.1) is 13.8 Å². The fourth-order valence-corrected chi connectivity index (χ4v) is 5.62. The van der Waals surface area contributed by atoms with Gasteiger partial charge in [0.2, 0.25) is 15.9 Å². The first-order valence-electron chi connectivity index (χ1n) is 7.52. The van der Waals surface area contributed by atoms with Crippen LogP contribution in [0.2, 0.25) is 0 Å². The summed E-state index contributed by atoms with van der Waals surface area (Å²) < 4.78 is 48.2. The molecule has 0 aliphatic carbocycles. The molecule has 1 fully saturated rings. The summed E-state index contributed by atoms with van der Waals surface area (Å²) >= 11 is 0. The summed E-state index contributed by atoms with van der Waals surface area (Å²) in [4.78, 5) is 12.3. The van der Waals surface area contributed by atoms with Crippen LogP contribution in [0.1, 0.15) is 17.5 Å². The topological polar surface area (TPSA) is 101 Å². The molecule has 1 amide bonds.